The van der Waals surface area contributed by atoms with Crippen LogP contribution in [0.25, 0.3) is 0 Å². The predicted molar refractivity (Wildman–Crippen MR) is 110 cm³/mol. The summed E-state index contributed by atoms with van der Waals surface area (Å²) in [6, 6.07) is 19.4. The van der Waals surface area contributed by atoms with E-state index in [-0.39, 0.29) is 16.2 Å². The van der Waals surface area contributed by atoms with Gasteiger partial charge >= 0.3 is 5.97 Å². The standard InChI is InChI=1S/C21H18ClNO4S/c1-15-8-13-19(22)20(14-15)27-21(24)16-9-11-18(12-10-16)28(25,26)23(2)17-6-4-3-5-7-17/h3-14H,1-2H3. The summed E-state index contributed by atoms with van der Waals surface area (Å²) in [7, 11) is -2.27. The zero-order valence-electron chi connectivity index (χ0n) is 15.3. The molecule has 0 saturated heterocycles. The van der Waals surface area contributed by atoms with E-state index in [1.54, 1.807) is 36.4 Å². The van der Waals surface area contributed by atoms with Gasteiger partial charge in [0.2, 0.25) is 0 Å². The van der Waals surface area contributed by atoms with Crippen molar-refractivity contribution in [1.29, 1.82) is 0 Å². The lowest BCUT2D eigenvalue weighted by atomic mass is 10.2. The van der Waals surface area contributed by atoms with Crippen LogP contribution >= 0.6 is 11.6 Å². The second-order valence-electron chi connectivity index (χ2n) is 6.16. The van der Waals surface area contributed by atoms with Gasteiger partial charge in [0, 0.05) is 7.05 Å². The average Bonchev–Trinajstić information content (AvgIpc) is 2.71. The SMILES string of the molecule is Cc1ccc(Cl)c(OC(=O)c2ccc(S(=O)(=O)N(C)c3ccccc3)cc2)c1. The zero-order chi connectivity index (χ0) is 20.3. The molecule has 0 unspecified atom stereocenters. The summed E-state index contributed by atoms with van der Waals surface area (Å²) >= 11 is 6.04. The Bertz CT molecular complexity index is 1100. The van der Waals surface area contributed by atoms with Gasteiger partial charge in [0.1, 0.15) is 5.75 Å². The highest BCUT2D eigenvalue weighted by Gasteiger charge is 2.22. The van der Waals surface area contributed by atoms with E-state index in [2.05, 4.69) is 0 Å². The van der Waals surface area contributed by atoms with Crippen LogP contribution in [0.5, 0.6) is 5.75 Å². The maximum atomic E-state index is 12.8. The van der Waals surface area contributed by atoms with Crippen LogP contribution in [0.1, 0.15) is 15.9 Å². The van der Waals surface area contributed by atoms with Crippen molar-refractivity contribution in [2.75, 3.05) is 11.4 Å². The summed E-state index contributed by atoms with van der Waals surface area (Å²) in [5.74, 6) is -0.361. The van der Waals surface area contributed by atoms with Crippen LogP contribution in [-0.2, 0) is 10.0 Å². The summed E-state index contributed by atoms with van der Waals surface area (Å²) in [6.45, 7) is 1.86. The first-order valence-corrected chi connectivity index (χ1v) is 10.2. The number of carbonyl (C=O) groups is 1. The van der Waals surface area contributed by atoms with Gasteiger partial charge in [0.25, 0.3) is 10.0 Å². The lowest BCUT2D eigenvalue weighted by Crippen LogP contribution is -2.26. The monoisotopic (exact) mass is 415 g/mol. The topological polar surface area (TPSA) is 63.7 Å². The number of sulfonamides is 1. The van der Waals surface area contributed by atoms with Crippen LogP contribution in [-0.4, -0.2) is 21.4 Å². The van der Waals surface area contributed by atoms with Crippen molar-refractivity contribution in [3.8, 4) is 5.75 Å². The molecule has 7 heteroatoms. The fraction of sp³-hybridized carbons (Fsp3) is 0.0952. The van der Waals surface area contributed by atoms with Crippen molar-refractivity contribution in [3.63, 3.8) is 0 Å². The first-order valence-electron chi connectivity index (χ1n) is 8.41. The molecule has 144 valence electrons. The Hall–Kier alpha value is -2.83. The molecule has 5 nitrogen and oxygen atoms in total. The minimum atomic E-state index is -3.75. The number of halogens is 1. The molecule has 0 heterocycles. The van der Waals surface area contributed by atoms with Gasteiger partial charge < -0.3 is 4.74 Å². The van der Waals surface area contributed by atoms with Gasteiger partial charge in [-0.1, -0.05) is 35.9 Å². The third-order valence-electron chi connectivity index (χ3n) is 4.16. The highest BCUT2D eigenvalue weighted by molar-refractivity contribution is 7.92. The largest absolute Gasteiger partial charge is 0.421 e. The molecule has 0 aliphatic heterocycles. The average molecular weight is 416 g/mol. The molecule has 0 spiro atoms. The second-order valence-corrected chi connectivity index (χ2v) is 8.53. The molecule has 3 rings (SSSR count). The maximum absolute atomic E-state index is 12.8. The quantitative estimate of drug-likeness (QED) is 0.448. The Morgan fingerprint density at radius 3 is 2.25 bits per heavy atom. The normalized spacial score (nSPS) is 11.1. The van der Waals surface area contributed by atoms with Gasteiger partial charge in [-0.3, -0.25) is 4.31 Å². The molecule has 0 N–H and O–H groups in total. The van der Waals surface area contributed by atoms with Gasteiger partial charge in [-0.15, -0.1) is 0 Å². The Morgan fingerprint density at radius 2 is 1.61 bits per heavy atom. The number of nitrogens with zero attached hydrogens (tertiary/aromatic N) is 1. The number of anilines is 1. The van der Waals surface area contributed by atoms with Crippen molar-refractivity contribution in [3.05, 3.63) is 88.9 Å². The molecule has 0 atom stereocenters. The summed E-state index contributed by atoms with van der Waals surface area (Å²) in [5, 5.41) is 0.322. The van der Waals surface area contributed by atoms with Gasteiger partial charge in [-0.05, 0) is 61.0 Å². The van der Waals surface area contributed by atoms with Crippen LogP contribution in [0.4, 0.5) is 5.69 Å². The van der Waals surface area contributed by atoms with E-state index in [0.29, 0.717) is 10.7 Å². The Balaban J connectivity index is 1.81. The third kappa shape index (κ3) is 4.18. The van der Waals surface area contributed by atoms with Gasteiger partial charge in [0.15, 0.2) is 0 Å². The highest BCUT2D eigenvalue weighted by atomic mass is 35.5. The van der Waals surface area contributed by atoms with Crippen molar-refractivity contribution in [1.82, 2.24) is 0 Å². The first-order chi connectivity index (χ1) is 13.3. The number of aryl methyl sites for hydroxylation is 1. The molecular weight excluding hydrogens is 398 g/mol. The minimum Gasteiger partial charge on any atom is -0.421 e. The predicted octanol–water partition coefficient (Wildman–Crippen LogP) is 4.69. The molecule has 0 aliphatic carbocycles. The van der Waals surface area contributed by atoms with E-state index >= 15 is 0 Å². The third-order valence-corrected chi connectivity index (χ3v) is 6.27. The van der Waals surface area contributed by atoms with E-state index in [1.165, 1.54) is 35.6 Å². The number of ether oxygens (including phenoxy) is 1. The molecule has 0 bridgehead atoms. The minimum absolute atomic E-state index is 0.0731. The number of hydrogen-bond acceptors (Lipinski definition) is 4. The molecular formula is C21H18ClNO4S. The zero-order valence-corrected chi connectivity index (χ0v) is 16.9. The Kier molecular flexibility index (Phi) is 5.72. The number of carbonyl (C=O) groups excluding carboxylic acids is 1. The summed E-state index contributed by atoms with van der Waals surface area (Å²) in [4.78, 5) is 12.4. The fourth-order valence-corrected chi connectivity index (χ4v) is 3.90. The molecule has 0 fully saturated rings. The lowest BCUT2D eigenvalue weighted by Gasteiger charge is -2.19. The summed E-state index contributed by atoms with van der Waals surface area (Å²) < 4.78 is 32.1. The van der Waals surface area contributed by atoms with Crippen molar-refractivity contribution < 1.29 is 17.9 Å². The van der Waals surface area contributed by atoms with E-state index < -0.39 is 16.0 Å². The van der Waals surface area contributed by atoms with Crippen LogP contribution < -0.4 is 9.04 Å². The summed E-state index contributed by atoms with van der Waals surface area (Å²) in [5.41, 5.74) is 1.66. The van der Waals surface area contributed by atoms with Crippen LogP contribution in [0, 0.1) is 6.92 Å². The van der Waals surface area contributed by atoms with Crippen molar-refractivity contribution in [2.24, 2.45) is 0 Å². The molecule has 0 saturated carbocycles. The van der Waals surface area contributed by atoms with E-state index in [4.69, 9.17) is 16.3 Å². The molecule has 0 radical (unpaired) electrons. The van der Waals surface area contributed by atoms with Crippen molar-refractivity contribution in [2.45, 2.75) is 11.8 Å². The Labute approximate surface area is 169 Å². The number of rotatable bonds is 5. The fourth-order valence-electron chi connectivity index (χ4n) is 2.55. The van der Waals surface area contributed by atoms with Gasteiger partial charge in [-0.25, -0.2) is 13.2 Å². The van der Waals surface area contributed by atoms with E-state index in [1.807, 2.05) is 19.1 Å². The summed E-state index contributed by atoms with van der Waals surface area (Å²) in [6.07, 6.45) is 0. The number of para-hydroxylation sites is 1. The van der Waals surface area contributed by atoms with E-state index in [0.717, 1.165) is 5.56 Å². The second kappa shape index (κ2) is 8.04. The first kappa shape index (κ1) is 19.9. The van der Waals surface area contributed by atoms with Crippen LogP contribution in [0.15, 0.2) is 77.7 Å². The molecule has 0 amide bonds. The molecule has 3 aromatic carbocycles. The highest BCUT2D eigenvalue weighted by Crippen LogP contribution is 2.27. The Morgan fingerprint density at radius 1 is 0.964 bits per heavy atom. The number of benzene rings is 3. The van der Waals surface area contributed by atoms with Gasteiger partial charge in [0.05, 0.1) is 21.2 Å². The van der Waals surface area contributed by atoms with Crippen LogP contribution in [0.2, 0.25) is 5.02 Å². The maximum Gasteiger partial charge on any atom is 0.343 e. The number of esters is 1. The van der Waals surface area contributed by atoms with E-state index in [9.17, 15) is 13.2 Å². The molecule has 28 heavy (non-hydrogen) atoms. The molecule has 0 aromatic heterocycles. The van der Waals surface area contributed by atoms with Gasteiger partial charge in [-0.2, -0.15) is 0 Å². The number of hydrogen-bond donors (Lipinski definition) is 0. The molecule has 3 aromatic rings. The van der Waals surface area contributed by atoms with Crippen LogP contribution in [0.3, 0.4) is 0 Å². The van der Waals surface area contributed by atoms with Crippen molar-refractivity contribution >= 4 is 33.3 Å². The molecule has 0 aliphatic rings. The lowest BCUT2D eigenvalue weighted by molar-refractivity contribution is 0.0734. The smallest absolute Gasteiger partial charge is 0.343 e.